The standard InChI is InChI=1S/C13H16O2/c1-9(2)12-6-7-13(15-12)10-4-3-5-11(14)8-10/h6-7,10H,1,3-5,8H2,2H3. The molecule has 80 valence electrons. The molecule has 1 aromatic rings. The summed E-state index contributed by atoms with van der Waals surface area (Å²) in [6, 6.07) is 3.92. The van der Waals surface area contributed by atoms with Gasteiger partial charge in [0.05, 0.1) is 0 Å². The van der Waals surface area contributed by atoms with Crippen molar-refractivity contribution in [3.05, 3.63) is 30.2 Å². The van der Waals surface area contributed by atoms with E-state index in [1.54, 1.807) is 0 Å². The Morgan fingerprint density at radius 2 is 2.33 bits per heavy atom. The van der Waals surface area contributed by atoms with Crippen molar-refractivity contribution in [1.29, 1.82) is 0 Å². The van der Waals surface area contributed by atoms with E-state index in [0.29, 0.717) is 18.1 Å². The molecule has 0 spiro atoms. The maximum atomic E-state index is 11.3. The van der Waals surface area contributed by atoms with Gasteiger partial charge < -0.3 is 4.42 Å². The molecule has 0 aromatic carbocycles. The fourth-order valence-corrected chi connectivity index (χ4v) is 2.07. The van der Waals surface area contributed by atoms with Crippen LogP contribution in [0.4, 0.5) is 0 Å². The van der Waals surface area contributed by atoms with Gasteiger partial charge in [-0.3, -0.25) is 4.79 Å². The van der Waals surface area contributed by atoms with Crippen LogP contribution in [0, 0.1) is 0 Å². The average molecular weight is 204 g/mol. The largest absolute Gasteiger partial charge is 0.461 e. The van der Waals surface area contributed by atoms with Crippen molar-refractivity contribution in [2.45, 2.75) is 38.5 Å². The van der Waals surface area contributed by atoms with Gasteiger partial charge >= 0.3 is 0 Å². The van der Waals surface area contributed by atoms with E-state index in [1.165, 1.54) is 0 Å². The van der Waals surface area contributed by atoms with Gasteiger partial charge in [0.25, 0.3) is 0 Å². The predicted octanol–water partition coefficient (Wildman–Crippen LogP) is 3.54. The molecule has 0 amide bonds. The summed E-state index contributed by atoms with van der Waals surface area (Å²) in [6.07, 6.45) is 3.44. The lowest BCUT2D eigenvalue weighted by Crippen LogP contribution is -2.12. The minimum absolute atomic E-state index is 0.291. The fraction of sp³-hybridized carbons (Fsp3) is 0.462. The summed E-state index contributed by atoms with van der Waals surface area (Å²) in [5, 5.41) is 0. The lowest BCUT2D eigenvalue weighted by Gasteiger charge is -2.18. The van der Waals surface area contributed by atoms with Crippen molar-refractivity contribution < 1.29 is 9.21 Å². The van der Waals surface area contributed by atoms with Gasteiger partial charge in [0.1, 0.15) is 17.3 Å². The van der Waals surface area contributed by atoms with Gasteiger partial charge in [-0.05, 0) is 37.5 Å². The summed E-state index contributed by atoms with van der Waals surface area (Å²) in [5.41, 5.74) is 0.934. The zero-order valence-electron chi connectivity index (χ0n) is 9.08. The number of Topliss-reactive ketones (excluding diaryl/α,β-unsaturated/α-hetero) is 1. The first-order valence-electron chi connectivity index (χ1n) is 5.44. The second kappa shape index (κ2) is 4.05. The minimum Gasteiger partial charge on any atom is -0.461 e. The highest BCUT2D eigenvalue weighted by Crippen LogP contribution is 2.32. The number of ketones is 1. The number of allylic oxidation sites excluding steroid dienone is 1. The van der Waals surface area contributed by atoms with E-state index in [4.69, 9.17) is 4.42 Å². The second-order valence-corrected chi connectivity index (χ2v) is 4.31. The molecule has 1 heterocycles. The average Bonchev–Trinajstić information content (AvgIpc) is 2.66. The molecule has 15 heavy (non-hydrogen) atoms. The van der Waals surface area contributed by atoms with Crippen LogP contribution in [-0.4, -0.2) is 5.78 Å². The van der Waals surface area contributed by atoms with Gasteiger partial charge in [-0.25, -0.2) is 0 Å². The number of hydrogen-bond donors (Lipinski definition) is 0. The summed E-state index contributed by atoms with van der Waals surface area (Å²) < 4.78 is 5.68. The zero-order valence-corrected chi connectivity index (χ0v) is 9.08. The predicted molar refractivity (Wildman–Crippen MR) is 59.6 cm³/mol. The quantitative estimate of drug-likeness (QED) is 0.737. The van der Waals surface area contributed by atoms with Crippen LogP contribution >= 0.6 is 0 Å². The topological polar surface area (TPSA) is 30.2 Å². The van der Waals surface area contributed by atoms with Crippen LogP contribution in [0.15, 0.2) is 23.1 Å². The Kier molecular flexibility index (Phi) is 2.76. The molecule has 0 N–H and O–H groups in total. The molecular formula is C13H16O2. The molecule has 1 saturated carbocycles. The summed E-state index contributed by atoms with van der Waals surface area (Å²) >= 11 is 0. The van der Waals surface area contributed by atoms with Crippen LogP contribution in [0.25, 0.3) is 5.57 Å². The van der Waals surface area contributed by atoms with Crippen molar-refractivity contribution in [2.75, 3.05) is 0 Å². The number of furan rings is 1. The highest BCUT2D eigenvalue weighted by molar-refractivity contribution is 5.80. The monoisotopic (exact) mass is 204 g/mol. The number of hydrogen-bond acceptors (Lipinski definition) is 2. The maximum absolute atomic E-state index is 11.3. The molecule has 1 aliphatic rings. The minimum atomic E-state index is 0.291. The lowest BCUT2D eigenvalue weighted by molar-refractivity contribution is -0.120. The van der Waals surface area contributed by atoms with E-state index < -0.39 is 0 Å². The number of carbonyl (C=O) groups is 1. The third-order valence-electron chi connectivity index (χ3n) is 2.93. The van der Waals surface area contributed by atoms with Crippen LogP contribution in [0.2, 0.25) is 0 Å². The van der Waals surface area contributed by atoms with Crippen LogP contribution < -0.4 is 0 Å². The molecule has 1 aromatic heterocycles. The van der Waals surface area contributed by atoms with Gasteiger partial charge in [0, 0.05) is 18.8 Å². The van der Waals surface area contributed by atoms with Crippen LogP contribution in [-0.2, 0) is 4.79 Å². The molecule has 0 aliphatic heterocycles. The van der Waals surface area contributed by atoms with Gasteiger partial charge in [-0.15, -0.1) is 0 Å². The van der Waals surface area contributed by atoms with Gasteiger partial charge in [0.2, 0.25) is 0 Å². The van der Waals surface area contributed by atoms with Crippen molar-refractivity contribution >= 4 is 11.4 Å². The van der Waals surface area contributed by atoms with Crippen molar-refractivity contribution in [1.82, 2.24) is 0 Å². The van der Waals surface area contributed by atoms with E-state index in [0.717, 1.165) is 36.4 Å². The molecule has 0 radical (unpaired) electrons. The van der Waals surface area contributed by atoms with E-state index in [2.05, 4.69) is 6.58 Å². The first-order valence-corrected chi connectivity index (χ1v) is 5.44. The van der Waals surface area contributed by atoms with Crippen LogP contribution in [0.1, 0.15) is 50.0 Å². The smallest absolute Gasteiger partial charge is 0.133 e. The first kappa shape index (κ1) is 10.2. The van der Waals surface area contributed by atoms with Crippen LogP contribution in [0.3, 0.4) is 0 Å². The van der Waals surface area contributed by atoms with E-state index in [-0.39, 0.29) is 0 Å². The highest BCUT2D eigenvalue weighted by atomic mass is 16.3. The Bertz CT molecular complexity index is 387. The van der Waals surface area contributed by atoms with E-state index >= 15 is 0 Å². The summed E-state index contributed by atoms with van der Waals surface area (Å²) in [7, 11) is 0. The third kappa shape index (κ3) is 2.20. The highest BCUT2D eigenvalue weighted by Gasteiger charge is 2.23. The van der Waals surface area contributed by atoms with Crippen molar-refractivity contribution in [2.24, 2.45) is 0 Å². The van der Waals surface area contributed by atoms with Gasteiger partial charge in [0.15, 0.2) is 0 Å². The number of carbonyl (C=O) groups excluding carboxylic acids is 1. The summed E-state index contributed by atoms with van der Waals surface area (Å²) in [5.74, 6) is 2.43. The van der Waals surface area contributed by atoms with Gasteiger partial charge in [-0.1, -0.05) is 6.58 Å². The maximum Gasteiger partial charge on any atom is 0.133 e. The van der Waals surface area contributed by atoms with E-state index in [9.17, 15) is 4.79 Å². The molecule has 0 saturated heterocycles. The van der Waals surface area contributed by atoms with Crippen LogP contribution in [0.5, 0.6) is 0 Å². The molecule has 1 atom stereocenters. The molecule has 1 aliphatic carbocycles. The molecule has 2 nitrogen and oxygen atoms in total. The fourth-order valence-electron chi connectivity index (χ4n) is 2.07. The Morgan fingerprint density at radius 1 is 1.53 bits per heavy atom. The van der Waals surface area contributed by atoms with Crippen molar-refractivity contribution in [3.8, 4) is 0 Å². The molecule has 0 bridgehead atoms. The van der Waals surface area contributed by atoms with E-state index in [1.807, 2.05) is 19.1 Å². The number of rotatable bonds is 2. The second-order valence-electron chi connectivity index (χ2n) is 4.31. The first-order chi connectivity index (χ1) is 7.16. The molecule has 1 unspecified atom stereocenters. The molecule has 2 rings (SSSR count). The van der Waals surface area contributed by atoms with Crippen molar-refractivity contribution in [3.63, 3.8) is 0 Å². The Balaban J connectivity index is 2.14. The molecule has 1 fully saturated rings. The Hall–Kier alpha value is -1.31. The zero-order chi connectivity index (χ0) is 10.8. The Morgan fingerprint density at radius 3 is 2.93 bits per heavy atom. The summed E-state index contributed by atoms with van der Waals surface area (Å²) in [6.45, 7) is 5.76. The molecular weight excluding hydrogens is 188 g/mol. The lowest BCUT2D eigenvalue weighted by atomic mass is 9.87. The third-order valence-corrected chi connectivity index (χ3v) is 2.93. The van der Waals surface area contributed by atoms with Gasteiger partial charge in [-0.2, -0.15) is 0 Å². The molecule has 2 heteroatoms. The summed E-state index contributed by atoms with van der Waals surface area (Å²) in [4.78, 5) is 11.3. The normalized spacial score (nSPS) is 21.7. The SMILES string of the molecule is C=C(C)c1ccc(C2CCCC(=O)C2)o1. The Labute approximate surface area is 90.0 Å².